The number of hydrogen-bond acceptors (Lipinski definition) is 3. The number of carboxylic acid groups (broad SMARTS) is 1. The van der Waals surface area contributed by atoms with Crippen LogP contribution in [0.4, 0.5) is 0 Å². The molecule has 6 aliphatic rings. The number of likely N-dealkylation sites (tertiary alicyclic amines) is 1. The summed E-state index contributed by atoms with van der Waals surface area (Å²) in [4.78, 5) is 14.1. The molecule has 0 radical (unpaired) electrons. The number of fused-ring (bicyclic) bond motifs is 7. The smallest absolute Gasteiger partial charge is 0.335 e. The van der Waals surface area contributed by atoms with Crippen LogP contribution >= 0.6 is 0 Å². The molecule has 1 saturated heterocycles. The second-order valence-electron chi connectivity index (χ2n) is 17.2. The second-order valence-corrected chi connectivity index (χ2v) is 17.2. The first kappa shape index (κ1) is 31.0. The predicted octanol–water partition coefficient (Wildman–Crippen LogP) is 8.92. The lowest BCUT2D eigenvalue weighted by molar-refractivity contribution is -0.217. The maximum atomic E-state index is 11.4. The van der Waals surface area contributed by atoms with Gasteiger partial charge in [0, 0.05) is 19.6 Å². The monoisotopic (exact) mass is 600 g/mol. The van der Waals surface area contributed by atoms with Crippen molar-refractivity contribution in [1.29, 1.82) is 0 Å². The number of hydrogen-bond donors (Lipinski definition) is 2. The fourth-order valence-electron chi connectivity index (χ4n) is 13.2. The van der Waals surface area contributed by atoms with Gasteiger partial charge in [-0.1, -0.05) is 58.7 Å². The van der Waals surface area contributed by atoms with E-state index in [1.165, 1.54) is 127 Å². The molecule has 4 saturated carbocycles. The third kappa shape index (κ3) is 4.78. The van der Waals surface area contributed by atoms with Crippen LogP contribution in [0.5, 0.6) is 0 Å². The van der Waals surface area contributed by atoms with E-state index in [-0.39, 0.29) is 0 Å². The second kappa shape index (κ2) is 11.5. The van der Waals surface area contributed by atoms with Crippen molar-refractivity contribution in [3.8, 4) is 0 Å². The summed E-state index contributed by atoms with van der Waals surface area (Å²) in [5, 5.41) is 13.4. The number of carboxylic acids is 1. The topological polar surface area (TPSA) is 52.6 Å². The van der Waals surface area contributed by atoms with Gasteiger partial charge < -0.3 is 15.3 Å². The van der Waals surface area contributed by atoms with Crippen LogP contribution in [0.25, 0.3) is 5.57 Å². The molecule has 1 aromatic carbocycles. The highest BCUT2D eigenvalue weighted by Crippen LogP contribution is 2.76. The van der Waals surface area contributed by atoms with E-state index in [4.69, 9.17) is 0 Å². The predicted molar refractivity (Wildman–Crippen MR) is 181 cm³/mol. The molecule has 7 rings (SSSR count). The van der Waals surface area contributed by atoms with E-state index < -0.39 is 5.97 Å². The number of carbonyl (C=O) groups is 1. The van der Waals surface area contributed by atoms with Crippen molar-refractivity contribution in [3.05, 3.63) is 41.5 Å². The Kier molecular flexibility index (Phi) is 8.13. The van der Waals surface area contributed by atoms with Gasteiger partial charge in [0.1, 0.15) is 0 Å². The molecule has 1 aliphatic heterocycles. The Labute approximate surface area is 267 Å². The zero-order valence-corrected chi connectivity index (χ0v) is 28.3. The molecule has 4 heteroatoms. The van der Waals surface area contributed by atoms with Gasteiger partial charge in [-0.05, 0) is 158 Å². The summed E-state index contributed by atoms with van der Waals surface area (Å²) in [5.41, 5.74) is 4.83. The summed E-state index contributed by atoms with van der Waals surface area (Å²) < 4.78 is 0. The van der Waals surface area contributed by atoms with Crippen LogP contribution in [0.1, 0.15) is 127 Å². The first-order chi connectivity index (χ1) is 21.1. The van der Waals surface area contributed by atoms with Crippen molar-refractivity contribution in [2.45, 2.75) is 111 Å². The highest BCUT2D eigenvalue weighted by molar-refractivity contribution is 5.88. The Morgan fingerprint density at radius 3 is 2.39 bits per heavy atom. The maximum Gasteiger partial charge on any atom is 0.335 e. The number of nitrogens with zero attached hydrogens (tertiary/aromatic N) is 1. The number of benzene rings is 1. The van der Waals surface area contributed by atoms with Crippen LogP contribution in [0.2, 0.25) is 0 Å². The Morgan fingerprint density at radius 2 is 1.64 bits per heavy atom. The molecular formula is C40H60N2O2. The summed E-state index contributed by atoms with van der Waals surface area (Å²) in [6.45, 7) is 17.0. The molecule has 5 aliphatic carbocycles. The van der Waals surface area contributed by atoms with E-state index in [0.29, 0.717) is 39.1 Å². The molecular weight excluding hydrogens is 540 g/mol. The highest BCUT2D eigenvalue weighted by atomic mass is 16.4. The lowest BCUT2D eigenvalue weighted by Crippen LogP contribution is -2.64. The van der Waals surface area contributed by atoms with Crippen molar-refractivity contribution in [2.75, 3.05) is 32.7 Å². The molecule has 4 nitrogen and oxygen atoms in total. The minimum absolute atomic E-state index is 0.352. The quantitative estimate of drug-likeness (QED) is 0.307. The van der Waals surface area contributed by atoms with Crippen LogP contribution in [0.3, 0.4) is 0 Å². The SMILES string of the molecule is CC1C(c2ccc(C(=O)O)cc2)=CCC2(C)C1CCC1(C)C2CCC2C3CCCC3(CNCCN3CCCCC3)CC[C@]21C. The van der Waals surface area contributed by atoms with Gasteiger partial charge in [0.25, 0.3) is 0 Å². The van der Waals surface area contributed by atoms with Crippen LogP contribution in [-0.2, 0) is 0 Å². The number of allylic oxidation sites excluding steroid dienone is 2. The van der Waals surface area contributed by atoms with Gasteiger partial charge in [-0.2, -0.15) is 0 Å². The normalized spacial score (nSPS) is 43.7. The van der Waals surface area contributed by atoms with Gasteiger partial charge >= 0.3 is 5.97 Å². The average Bonchev–Trinajstić information content (AvgIpc) is 3.45. The number of rotatable bonds is 7. The van der Waals surface area contributed by atoms with Crippen LogP contribution in [0.15, 0.2) is 30.3 Å². The van der Waals surface area contributed by atoms with Crippen LogP contribution in [-0.4, -0.2) is 48.7 Å². The molecule has 242 valence electrons. The molecule has 0 bridgehead atoms. The molecule has 5 fully saturated rings. The number of nitrogens with one attached hydrogen (secondary N) is 1. The summed E-state index contributed by atoms with van der Waals surface area (Å²) in [5.74, 6) is 2.98. The molecule has 9 atom stereocenters. The Bertz CT molecular complexity index is 1250. The van der Waals surface area contributed by atoms with E-state index in [1.807, 2.05) is 12.1 Å². The van der Waals surface area contributed by atoms with E-state index in [9.17, 15) is 9.90 Å². The molecule has 2 N–H and O–H groups in total. The Hall–Kier alpha value is -1.65. The third-order valence-corrected chi connectivity index (χ3v) is 15.7. The van der Waals surface area contributed by atoms with E-state index in [1.54, 1.807) is 12.1 Å². The zero-order valence-electron chi connectivity index (χ0n) is 28.3. The standard InChI is InChI=1S/C40H60N2O2/c1-28-31(29-10-12-30(13-11-29)36(43)44)16-19-37(2)32(28)17-20-39(4)35(37)15-14-33-34-9-8-18-40(34,22-21-38(33,39)3)27-41-23-26-42-24-6-5-7-25-42/h10-13,16,28,32-35,41H,5-9,14-15,17-27H2,1-4H3,(H,43,44)/t28?,32?,33?,34?,35?,37?,38-,39?,40?/m1/s1. The van der Waals surface area contributed by atoms with Gasteiger partial charge in [0.05, 0.1) is 5.56 Å². The summed E-state index contributed by atoms with van der Waals surface area (Å²) in [7, 11) is 0. The number of piperidine rings is 1. The van der Waals surface area contributed by atoms with E-state index in [0.717, 1.165) is 17.8 Å². The Balaban J connectivity index is 1.08. The van der Waals surface area contributed by atoms with Crippen molar-refractivity contribution in [1.82, 2.24) is 10.2 Å². The van der Waals surface area contributed by atoms with E-state index >= 15 is 0 Å². The highest BCUT2D eigenvalue weighted by Gasteiger charge is 2.68. The van der Waals surface area contributed by atoms with Crippen LogP contribution in [0, 0.1) is 51.2 Å². The molecule has 0 spiro atoms. The van der Waals surface area contributed by atoms with Gasteiger partial charge in [-0.25, -0.2) is 4.79 Å². The summed E-state index contributed by atoms with van der Waals surface area (Å²) >= 11 is 0. The minimum atomic E-state index is -0.841. The van der Waals surface area contributed by atoms with Crippen molar-refractivity contribution >= 4 is 11.5 Å². The third-order valence-electron chi connectivity index (χ3n) is 15.7. The summed E-state index contributed by atoms with van der Waals surface area (Å²) in [6.07, 6.45) is 20.8. The van der Waals surface area contributed by atoms with Crippen molar-refractivity contribution in [2.24, 2.45) is 51.2 Å². The minimum Gasteiger partial charge on any atom is -0.478 e. The molecule has 0 amide bonds. The van der Waals surface area contributed by atoms with Crippen molar-refractivity contribution < 1.29 is 9.90 Å². The van der Waals surface area contributed by atoms with Crippen molar-refractivity contribution in [3.63, 3.8) is 0 Å². The van der Waals surface area contributed by atoms with Gasteiger partial charge in [0.2, 0.25) is 0 Å². The number of aromatic carboxylic acids is 1. The fourth-order valence-corrected chi connectivity index (χ4v) is 13.2. The summed E-state index contributed by atoms with van der Waals surface area (Å²) in [6, 6.07) is 7.67. The first-order valence-corrected chi connectivity index (χ1v) is 18.6. The Morgan fingerprint density at radius 1 is 0.864 bits per heavy atom. The van der Waals surface area contributed by atoms with Gasteiger partial charge in [-0.3, -0.25) is 0 Å². The lowest BCUT2D eigenvalue weighted by Gasteiger charge is -2.71. The molecule has 0 aromatic heterocycles. The van der Waals surface area contributed by atoms with E-state index in [2.05, 4.69) is 44.0 Å². The largest absolute Gasteiger partial charge is 0.478 e. The lowest BCUT2D eigenvalue weighted by atomic mass is 9.33. The van der Waals surface area contributed by atoms with Crippen LogP contribution < -0.4 is 5.32 Å². The molecule has 8 unspecified atom stereocenters. The molecule has 1 heterocycles. The van der Waals surface area contributed by atoms with Gasteiger partial charge in [0.15, 0.2) is 0 Å². The molecule has 44 heavy (non-hydrogen) atoms. The first-order valence-electron chi connectivity index (χ1n) is 18.6. The average molecular weight is 601 g/mol. The maximum absolute atomic E-state index is 11.4. The fraction of sp³-hybridized carbons (Fsp3) is 0.775. The zero-order chi connectivity index (χ0) is 30.7. The van der Waals surface area contributed by atoms with Gasteiger partial charge in [-0.15, -0.1) is 0 Å². The molecule has 1 aromatic rings.